The fourth-order valence-electron chi connectivity index (χ4n) is 14.8. The Bertz CT molecular complexity index is 6210. The van der Waals surface area contributed by atoms with Gasteiger partial charge in [0.05, 0.1) is 11.0 Å². The summed E-state index contributed by atoms with van der Waals surface area (Å²) in [5, 5.41) is 18.4. The third kappa shape index (κ3) is 15.9. The zero-order chi connectivity index (χ0) is 77.0. The lowest BCUT2D eigenvalue weighted by Crippen LogP contribution is -2.10. The Morgan fingerprint density at radius 1 is 0.229 bits per heavy atom. The van der Waals surface area contributed by atoms with Crippen LogP contribution in [0.2, 0.25) is 0 Å². The van der Waals surface area contributed by atoms with E-state index in [0.29, 0.717) is 0 Å². The molecule has 0 bridgehead atoms. The third-order valence-corrected chi connectivity index (χ3v) is 23.4. The Balaban J connectivity index is 0.000000110. The first-order valence-electron chi connectivity index (χ1n) is 38.5. The summed E-state index contributed by atoms with van der Waals surface area (Å²) >= 11 is 3.80. The van der Waals surface area contributed by atoms with Crippen LogP contribution in [0.15, 0.2) is 306 Å². The summed E-state index contributed by atoms with van der Waals surface area (Å²) in [5.74, 6) is 0. The molecule has 0 aliphatic heterocycles. The maximum atomic E-state index is 6.01. The minimum Gasteiger partial charge on any atom is -0.456 e. The van der Waals surface area contributed by atoms with E-state index in [1.807, 2.05) is 46.9 Å². The molecule has 3 nitrogen and oxygen atoms in total. The van der Waals surface area contributed by atoms with Crippen LogP contribution in [0.4, 0.5) is 0 Å². The number of rotatable bonds is 1. The standard InChI is InChI=1S/C22H21N.C18H18.2C16H16O.2C16H16S/c1-22(2,3)16-13-14-21-19(15-16)18-11-7-8-12-20(18)23(21)17-9-5-4-6-10-17;1-18(2,3)15-10-11-17-14(12-15)9-8-13-6-4-5-7-16(13)17;1-16(2,3)13-9-6-8-12-11-7-4-5-10-14(11)17-15(12)13;1-16(2,3)11-8-9-15-13(10-11)12-6-4-5-7-14(12)17-15;1-16(2,3)13-9-6-8-12-11-7-4-5-10-14(11)17-15(12)13;1-16(2,3)11-8-9-15-13(10-11)12-6-4-5-7-14(12)17-15/h4-15H,1-3H3;4-12H,1-3H3;4*4-10H,1-3H3. The summed E-state index contributed by atoms with van der Waals surface area (Å²) in [6.07, 6.45) is 0. The molecule has 0 saturated heterocycles. The maximum Gasteiger partial charge on any atom is 0.139 e. The molecule has 19 aromatic rings. The Morgan fingerprint density at radius 3 is 1.28 bits per heavy atom. The molecule has 0 spiro atoms. The van der Waals surface area contributed by atoms with E-state index in [0.717, 1.165) is 22.3 Å². The van der Waals surface area contributed by atoms with E-state index in [1.165, 1.54) is 144 Å². The summed E-state index contributed by atoms with van der Waals surface area (Å²) in [6.45, 7) is 40.6. The number of aromatic nitrogens is 1. The quantitative estimate of drug-likeness (QED) is 0.153. The number of thiophene rings is 2. The Labute approximate surface area is 652 Å². The molecule has 109 heavy (non-hydrogen) atoms. The largest absolute Gasteiger partial charge is 0.456 e. The topological polar surface area (TPSA) is 31.2 Å². The number of fused-ring (bicyclic) bond motifs is 18. The fourth-order valence-corrected chi connectivity index (χ4v) is 17.3. The SMILES string of the molecule is CC(C)(C)c1ccc2c(c1)c1ccccc1n2-c1ccccc1.CC(C)(C)c1ccc2c(ccc3ccccc32)c1.CC(C)(C)c1ccc2oc3ccccc3c2c1.CC(C)(C)c1ccc2sc3ccccc3c2c1.CC(C)(C)c1cccc2c1oc1ccccc12.CC(C)(C)c1cccc2c1sc1ccccc12. The lowest BCUT2D eigenvalue weighted by molar-refractivity contribution is 0.573. The first-order chi connectivity index (χ1) is 51.9. The maximum absolute atomic E-state index is 6.01. The minimum absolute atomic E-state index is 0.105. The molecule has 5 heteroatoms. The van der Waals surface area contributed by atoms with Gasteiger partial charge < -0.3 is 13.4 Å². The van der Waals surface area contributed by atoms with Crippen LogP contribution in [0.25, 0.3) is 133 Å². The van der Waals surface area contributed by atoms with Gasteiger partial charge in [-0.15, -0.1) is 22.7 Å². The number of nitrogens with zero attached hydrogens (tertiary/aromatic N) is 1. The van der Waals surface area contributed by atoms with Gasteiger partial charge in [-0.05, 0) is 161 Å². The van der Waals surface area contributed by atoms with Crippen LogP contribution in [0.5, 0.6) is 0 Å². The molecule has 14 aromatic carbocycles. The van der Waals surface area contributed by atoms with Crippen LogP contribution < -0.4 is 0 Å². The summed E-state index contributed by atoms with van der Waals surface area (Å²) in [4.78, 5) is 0. The Kier molecular flexibility index (Phi) is 20.6. The van der Waals surface area contributed by atoms with Gasteiger partial charge in [0.15, 0.2) is 0 Å². The predicted molar refractivity (Wildman–Crippen MR) is 481 cm³/mol. The van der Waals surface area contributed by atoms with Gasteiger partial charge in [0.25, 0.3) is 0 Å². The van der Waals surface area contributed by atoms with Crippen LogP contribution >= 0.6 is 22.7 Å². The normalized spacial score (nSPS) is 12.3. The van der Waals surface area contributed by atoms with Gasteiger partial charge in [-0.1, -0.05) is 343 Å². The molecule has 19 rings (SSSR count). The molecule has 0 fully saturated rings. The molecular weight excluding hydrogens is 1360 g/mol. The van der Waals surface area contributed by atoms with Crippen molar-refractivity contribution in [2.45, 2.75) is 157 Å². The first-order valence-corrected chi connectivity index (χ1v) is 40.2. The summed E-state index contributed by atoms with van der Waals surface area (Å²) in [5.41, 5.74) is 17.0. The number of furan rings is 2. The van der Waals surface area contributed by atoms with Gasteiger partial charge in [-0.3, -0.25) is 0 Å². The zero-order valence-corrected chi connectivity index (χ0v) is 68.5. The number of hydrogen-bond acceptors (Lipinski definition) is 4. The van der Waals surface area contributed by atoms with Crippen molar-refractivity contribution in [2.24, 2.45) is 0 Å². The lowest BCUT2D eigenvalue weighted by Gasteiger charge is -2.19. The smallest absolute Gasteiger partial charge is 0.139 e. The molecule has 0 N–H and O–H groups in total. The van der Waals surface area contributed by atoms with Crippen LogP contribution in [-0.2, 0) is 32.5 Å². The molecule has 0 radical (unpaired) electrons. The third-order valence-electron chi connectivity index (χ3n) is 21.1. The van der Waals surface area contributed by atoms with E-state index in [-0.39, 0.29) is 32.5 Å². The monoisotopic (exact) mass is 1460 g/mol. The fraction of sp³-hybridized carbons (Fsp3) is 0.231. The van der Waals surface area contributed by atoms with Gasteiger partial charge in [0, 0.05) is 83.9 Å². The van der Waals surface area contributed by atoms with E-state index < -0.39 is 0 Å². The van der Waals surface area contributed by atoms with Gasteiger partial charge in [0.2, 0.25) is 0 Å². The van der Waals surface area contributed by atoms with Gasteiger partial charge in [0.1, 0.15) is 22.3 Å². The highest BCUT2D eigenvalue weighted by Gasteiger charge is 2.24. The van der Waals surface area contributed by atoms with Crippen molar-refractivity contribution in [3.8, 4) is 5.69 Å². The van der Waals surface area contributed by atoms with Crippen LogP contribution in [-0.4, -0.2) is 4.57 Å². The summed E-state index contributed by atoms with van der Waals surface area (Å²) < 4.78 is 19.8. The van der Waals surface area contributed by atoms with E-state index >= 15 is 0 Å². The van der Waals surface area contributed by atoms with E-state index in [1.54, 1.807) is 0 Å². The number of benzene rings is 14. The highest BCUT2D eigenvalue weighted by atomic mass is 32.1. The number of hydrogen-bond donors (Lipinski definition) is 0. The molecule has 0 saturated carbocycles. The van der Waals surface area contributed by atoms with Crippen molar-refractivity contribution in [3.05, 3.63) is 331 Å². The predicted octanol–water partition coefficient (Wildman–Crippen LogP) is 31.8. The van der Waals surface area contributed by atoms with Crippen molar-refractivity contribution >= 4 is 150 Å². The van der Waals surface area contributed by atoms with Crippen molar-refractivity contribution in [1.82, 2.24) is 4.57 Å². The summed E-state index contributed by atoms with van der Waals surface area (Å²) in [6, 6.07) is 106. The number of para-hydroxylation sites is 5. The Hall–Kier alpha value is -10.6. The second-order valence-corrected chi connectivity index (χ2v) is 37.5. The molecule has 0 aliphatic rings. The summed E-state index contributed by atoms with van der Waals surface area (Å²) in [7, 11) is 0. The van der Waals surface area contributed by atoms with Crippen molar-refractivity contribution in [1.29, 1.82) is 0 Å². The lowest BCUT2D eigenvalue weighted by atomic mass is 9.85. The molecule has 0 amide bonds. The molecule has 548 valence electrons. The average Bonchev–Trinajstić information content (AvgIpc) is 1.58. The second-order valence-electron chi connectivity index (χ2n) is 35.3. The highest BCUT2D eigenvalue weighted by Crippen LogP contribution is 2.43. The molecule has 5 heterocycles. The van der Waals surface area contributed by atoms with E-state index in [2.05, 4.69) is 402 Å². The first kappa shape index (κ1) is 75.3. The molecule has 5 aromatic heterocycles. The molecule has 0 aliphatic carbocycles. The molecule has 0 atom stereocenters. The van der Waals surface area contributed by atoms with Gasteiger partial charge >= 0.3 is 0 Å². The molecular formula is C104H103NO2S2. The molecule has 0 unspecified atom stereocenters. The average molecular weight is 1460 g/mol. The van der Waals surface area contributed by atoms with Crippen LogP contribution in [0, 0.1) is 0 Å². The van der Waals surface area contributed by atoms with Crippen LogP contribution in [0.3, 0.4) is 0 Å². The highest BCUT2D eigenvalue weighted by molar-refractivity contribution is 7.26. The van der Waals surface area contributed by atoms with Crippen molar-refractivity contribution < 1.29 is 8.83 Å². The van der Waals surface area contributed by atoms with Gasteiger partial charge in [-0.25, -0.2) is 0 Å². The van der Waals surface area contributed by atoms with E-state index in [4.69, 9.17) is 8.83 Å². The second kappa shape index (κ2) is 29.8. The van der Waals surface area contributed by atoms with E-state index in [9.17, 15) is 0 Å². The Morgan fingerprint density at radius 2 is 0.642 bits per heavy atom. The van der Waals surface area contributed by atoms with Crippen LogP contribution in [0.1, 0.15) is 158 Å². The zero-order valence-electron chi connectivity index (χ0n) is 66.9. The van der Waals surface area contributed by atoms with Gasteiger partial charge in [-0.2, -0.15) is 0 Å². The van der Waals surface area contributed by atoms with Crippen molar-refractivity contribution in [3.63, 3.8) is 0 Å². The minimum atomic E-state index is 0.105. The van der Waals surface area contributed by atoms with Crippen molar-refractivity contribution in [2.75, 3.05) is 0 Å².